The van der Waals surface area contributed by atoms with Crippen molar-refractivity contribution in [2.24, 2.45) is 0 Å². The summed E-state index contributed by atoms with van der Waals surface area (Å²) in [6.07, 6.45) is 10.3. The fourth-order valence-corrected chi connectivity index (χ4v) is 2.14. The van der Waals surface area contributed by atoms with E-state index in [4.69, 9.17) is 7.85 Å². The average molecular weight is 176 g/mol. The van der Waals surface area contributed by atoms with E-state index in [1.54, 1.807) is 0 Å². The van der Waals surface area contributed by atoms with Gasteiger partial charge in [-0.15, -0.1) is 6.58 Å². The normalized spacial score (nSPS) is 24.1. The van der Waals surface area contributed by atoms with Gasteiger partial charge in [0.15, 0.2) is 0 Å². The molecule has 1 aliphatic rings. The van der Waals surface area contributed by atoms with Gasteiger partial charge in [-0.3, -0.25) is 0 Å². The predicted octanol–water partition coefficient (Wildman–Crippen LogP) is 4.02. The van der Waals surface area contributed by atoms with Crippen LogP contribution in [0.15, 0.2) is 12.2 Å². The molecule has 0 atom stereocenters. The number of rotatable bonds is 1. The van der Waals surface area contributed by atoms with E-state index in [-0.39, 0.29) is 5.31 Å². The highest BCUT2D eigenvalue weighted by atomic mass is 14.2. The zero-order valence-corrected chi connectivity index (χ0v) is 8.94. The highest BCUT2D eigenvalue weighted by Gasteiger charge is 2.23. The van der Waals surface area contributed by atoms with Gasteiger partial charge in [0.25, 0.3) is 0 Å². The first-order valence-corrected chi connectivity index (χ1v) is 5.60. The predicted molar refractivity (Wildman–Crippen MR) is 60.2 cm³/mol. The molecular weight excluding hydrogens is 155 g/mol. The highest BCUT2D eigenvalue weighted by molar-refractivity contribution is 6.17. The Hall–Kier alpha value is -0.195. The van der Waals surface area contributed by atoms with E-state index in [1.165, 1.54) is 44.1 Å². The SMILES string of the molecule is [B]C1(C(=C)C)CCCCCCCC1. The molecule has 1 fully saturated rings. The van der Waals surface area contributed by atoms with Crippen molar-refractivity contribution in [2.45, 2.75) is 63.6 Å². The molecule has 0 N–H and O–H groups in total. The van der Waals surface area contributed by atoms with E-state index < -0.39 is 0 Å². The number of allylic oxidation sites excluding steroid dienone is 1. The maximum atomic E-state index is 6.34. The quantitative estimate of drug-likeness (QED) is 0.418. The first kappa shape index (κ1) is 10.9. The summed E-state index contributed by atoms with van der Waals surface area (Å²) in [5, 5.41) is -0.0512. The van der Waals surface area contributed by atoms with Crippen molar-refractivity contribution in [1.82, 2.24) is 0 Å². The second kappa shape index (κ2) is 4.88. The van der Waals surface area contributed by atoms with E-state index in [0.717, 1.165) is 12.8 Å². The zero-order valence-electron chi connectivity index (χ0n) is 8.94. The molecule has 1 saturated carbocycles. The van der Waals surface area contributed by atoms with Crippen molar-refractivity contribution >= 4 is 7.85 Å². The molecule has 0 aromatic carbocycles. The summed E-state index contributed by atoms with van der Waals surface area (Å²) in [5.74, 6) is 0. The Morgan fingerprint density at radius 2 is 1.38 bits per heavy atom. The molecule has 0 aromatic heterocycles. The van der Waals surface area contributed by atoms with Crippen LogP contribution in [-0.4, -0.2) is 7.85 Å². The Labute approximate surface area is 84.2 Å². The Kier molecular flexibility index (Phi) is 4.09. The van der Waals surface area contributed by atoms with Crippen molar-refractivity contribution < 1.29 is 0 Å². The molecule has 0 amide bonds. The molecule has 13 heavy (non-hydrogen) atoms. The topological polar surface area (TPSA) is 0 Å². The van der Waals surface area contributed by atoms with Crippen LogP contribution in [0.1, 0.15) is 58.3 Å². The molecule has 0 aliphatic heterocycles. The smallest absolute Gasteiger partial charge is 0.0805 e. The van der Waals surface area contributed by atoms with E-state index in [2.05, 4.69) is 13.5 Å². The summed E-state index contributed by atoms with van der Waals surface area (Å²) in [5.41, 5.74) is 1.18. The molecule has 0 heterocycles. The van der Waals surface area contributed by atoms with Crippen LogP contribution in [-0.2, 0) is 0 Å². The van der Waals surface area contributed by atoms with Gasteiger partial charge in [0.05, 0.1) is 7.85 Å². The van der Waals surface area contributed by atoms with Crippen LogP contribution >= 0.6 is 0 Å². The molecule has 1 rings (SSSR count). The largest absolute Gasteiger partial charge is 0.100 e. The fraction of sp³-hybridized carbons (Fsp3) is 0.833. The van der Waals surface area contributed by atoms with Gasteiger partial charge in [-0.1, -0.05) is 56.9 Å². The van der Waals surface area contributed by atoms with Crippen LogP contribution in [0, 0.1) is 0 Å². The minimum Gasteiger partial charge on any atom is -0.100 e. The molecule has 0 spiro atoms. The standard InChI is InChI=1S/C12H21B/c1-11(2)12(13)9-7-5-3-4-6-8-10-12/h1,3-10H2,2H3. The van der Waals surface area contributed by atoms with Gasteiger partial charge in [0, 0.05) is 0 Å². The highest BCUT2D eigenvalue weighted by Crippen LogP contribution is 2.42. The van der Waals surface area contributed by atoms with E-state index >= 15 is 0 Å². The first-order valence-electron chi connectivity index (χ1n) is 5.60. The second-order valence-electron chi connectivity index (χ2n) is 4.56. The summed E-state index contributed by atoms with van der Waals surface area (Å²) in [7, 11) is 6.34. The van der Waals surface area contributed by atoms with Crippen molar-refractivity contribution in [3.8, 4) is 0 Å². The second-order valence-corrected chi connectivity index (χ2v) is 4.56. The average Bonchev–Trinajstić information content (AvgIpc) is 2.18. The molecule has 0 nitrogen and oxygen atoms in total. The van der Waals surface area contributed by atoms with E-state index in [0.29, 0.717) is 0 Å². The molecule has 0 bridgehead atoms. The number of hydrogen-bond donors (Lipinski definition) is 0. The summed E-state index contributed by atoms with van der Waals surface area (Å²) < 4.78 is 0. The van der Waals surface area contributed by atoms with Crippen LogP contribution in [0.5, 0.6) is 0 Å². The maximum absolute atomic E-state index is 6.34. The summed E-state index contributed by atoms with van der Waals surface area (Å²) in [6, 6.07) is 0. The molecule has 1 heteroatoms. The lowest BCUT2D eigenvalue weighted by Gasteiger charge is -2.30. The Bertz CT molecular complexity index is 162. The third kappa shape index (κ3) is 3.21. The maximum Gasteiger partial charge on any atom is 0.0805 e. The molecule has 0 aromatic rings. The summed E-state index contributed by atoms with van der Waals surface area (Å²) in [4.78, 5) is 0. The van der Waals surface area contributed by atoms with E-state index in [9.17, 15) is 0 Å². The Morgan fingerprint density at radius 3 is 1.77 bits per heavy atom. The minimum absolute atomic E-state index is 0.0512. The molecule has 72 valence electrons. The van der Waals surface area contributed by atoms with Crippen molar-refractivity contribution in [1.29, 1.82) is 0 Å². The lowest BCUT2D eigenvalue weighted by molar-refractivity contribution is 0.509. The molecule has 0 unspecified atom stereocenters. The lowest BCUT2D eigenvalue weighted by atomic mass is 9.59. The molecule has 0 saturated heterocycles. The zero-order chi connectivity index (χ0) is 9.73. The Morgan fingerprint density at radius 1 is 1.00 bits per heavy atom. The van der Waals surface area contributed by atoms with Crippen molar-refractivity contribution in [2.75, 3.05) is 0 Å². The van der Waals surface area contributed by atoms with Gasteiger partial charge >= 0.3 is 0 Å². The monoisotopic (exact) mass is 176 g/mol. The fourth-order valence-electron chi connectivity index (χ4n) is 2.14. The van der Waals surface area contributed by atoms with Gasteiger partial charge in [-0.25, -0.2) is 0 Å². The molecular formula is C12H21B. The molecule has 2 radical (unpaired) electrons. The van der Waals surface area contributed by atoms with Crippen LogP contribution in [0.25, 0.3) is 0 Å². The van der Waals surface area contributed by atoms with Gasteiger partial charge < -0.3 is 0 Å². The minimum atomic E-state index is -0.0512. The van der Waals surface area contributed by atoms with Crippen LogP contribution in [0.3, 0.4) is 0 Å². The Balaban J connectivity index is 2.54. The van der Waals surface area contributed by atoms with Crippen LogP contribution < -0.4 is 0 Å². The van der Waals surface area contributed by atoms with Gasteiger partial charge in [-0.05, 0) is 12.2 Å². The van der Waals surface area contributed by atoms with Gasteiger partial charge in [-0.2, -0.15) is 0 Å². The summed E-state index contributed by atoms with van der Waals surface area (Å²) >= 11 is 0. The van der Waals surface area contributed by atoms with Crippen LogP contribution in [0.2, 0.25) is 5.31 Å². The van der Waals surface area contributed by atoms with Gasteiger partial charge in [0.1, 0.15) is 0 Å². The van der Waals surface area contributed by atoms with Crippen molar-refractivity contribution in [3.05, 3.63) is 12.2 Å². The molecule has 1 aliphatic carbocycles. The van der Waals surface area contributed by atoms with Crippen LogP contribution in [0.4, 0.5) is 0 Å². The van der Waals surface area contributed by atoms with E-state index in [1.807, 2.05) is 0 Å². The number of hydrogen-bond acceptors (Lipinski definition) is 0. The van der Waals surface area contributed by atoms with Crippen molar-refractivity contribution in [3.63, 3.8) is 0 Å². The van der Waals surface area contributed by atoms with Gasteiger partial charge in [0.2, 0.25) is 0 Å². The lowest BCUT2D eigenvalue weighted by Crippen LogP contribution is -2.13. The third-order valence-corrected chi connectivity index (χ3v) is 3.35. The first-order chi connectivity index (χ1) is 6.15. The summed E-state index contributed by atoms with van der Waals surface area (Å²) in [6.45, 7) is 6.11. The third-order valence-electron chi connectivity index (χ3n) is 3.35.